The first-order chi connectivity index (χ1) is 11.8. The van der Waals surface area contributed by atoms with Crippen LogP contribution in [0.4, 0.5) is 13.2 Å². The van der Waals surface area contributed by atoms with E-state index in [0.717, 1.165) is 36.1 Å². The van der Waals surface area contributed by atoms with Crippen molar-refractivity contribution in [2.24, 2.45) is 5.73 Å². The van der Waals surface area contributed by atoms with Gasteiger partial charge in [-0.1, -0.05) is 25.0 Å². The van der Waals surface area contributed by atoms with Gasteiger partial charge in [-0.2, -0.15) is 13.2 Å². The molecular formula is C15H19F3N6O. The molecule has 136 valence electrons. The average Bonchev–Trinajstić information content (AvgIpc) is 3.08. The summed E-state index contributed by atoms with van der Waals surface area (Å²) in [7, 11) is 0. The SMILES string of the molecule is CCCCC(CN)NC(=O)c1cn(-c2ccc(C(F)(F)F)cn2)nn1. The zero-order chi connectivity index (χ0) is 18.4. The number of nitrogens with one attached hydrogen (secondary N) is 1. The fourth-order valence-electron chi connectivity index (χ4n) is 2.13. The van der Waals surface area contributed by atoms with Crippen LogP contribution in [-0.4, -0.2) is 38.5 Å². The van der Waals surface area contributed by atoms with Gasteiger partial charge in [-0.3, -0.25) is 4.79 Å². The van der Waals surface area contributed by atoms with Crippen molar-refractivity contribution in [2.75, 3.05) is 6.54 Å². The third-order valence-corrected chi connectivity index (χ3v) is 3.56. The number of amides is 1. The lowest BCUT2D eigenvalue weighted by Gasteiger charge is -2.15. The summed E-state index contributed by atoms with van der Waals surface area (Å²) in [5.74, 6) is -0.314. The number of carbonyl (C=O) groups is 1. The Balaban J connectivity index is 2.07. The van der Waals surface area contributed by atoms with E-state index in [-0.39, 0.29) is 17.6 Å². The highest BCUT2D eigenvalue weighted by Gasteiger charge is 2.30. The summed E-state index contributed by atoms with van der Waals surface area (Å²) in [6.45, 7) is 2.35. The van der Waals surface area contributed by atoms with Gasteiger partial charge in [0, 0.05) is 18.8 Å². The Labute approximate surface area is 142 Å². The van der Waals surface area contributed by atoms with Crippen LogP contribution < -0.4 is 11.1 Å². The summed E-state index contributed by atoms with van der Waals surface area (Å²) in [5, 5.41) is 10.2. The van der Waals surface area contributed by atoms with E-state index in [1.54, 1.807) is 0 Å². The highest BCUT2D eigenvalue weighted by Crippen LogP contribution is 2.28. The minimum atomic E-state index is -4.46. The molecular weight excluding hydrogens is 337 g/mol. The topological polar surface area (TPSA) is 98.7 Å². The van der Waals surface area contributed by atoms with Crippen molar-refractivity contribution in [1.82, 2.24) is 25.3 Å². The normalized spacial score (nSPS) is 12.8. The van der Waals surface area contributed by atoms with Crippen LogP contribution in [0, 0.1) is 0 Å². The van der Waals surface area contributed by atoms with Crippen LogP contribution in [0.2, 0.25) is 0 Å². The standard InChI is InChI=1S/C15H19F3N6O/c1-2-3-4-11(7-19)21-14(25)12-9-24(23-22-12)13-6-5-10(8-20-13)15(16,17)18/h5-6,8-9,11H,2-4,7,19H2,1H3,(H,21,25). The van der Waals surface area contributed by atoms with Gasteiger partial charge in [0.25, 0.3) is 5.91 Å². The van der Waals surface area contributed by atoms with E-state index >= 15 is 0 Å². The van der Waals surface area contributed by atoms with Gasteiger partial charge in [-0.25, -0.2) is 9.67 Å². The average molecular weight is 356 g/mol. The Morgan fingerprint density at radius 2 is 2.16 bits per heavy atom. The molecule has 0 fully saturated rings. The molecule has 2 aromatic rings. The molecule has 1 unspecified atom stereocenters. The van der Waals surface area contributed by atoms with E-state index < -0.39 is 17.6 Å². The molecule has 2 heterocycles. The van der Waals surface area contributed by atoms with Crippen molar-refractivity contribution in [3.05, 3.63) is 35.8 Å². The summed E-state index contributed by atoms with van der Waals surface area (Å²) in [6.07, 6.45) is 0.221. The zero-order valence-electron chi connectivity index (χ0n) is 13.6. The van der Waals surface area contributed by atoms with E-state index in [2.05, 4.69) is 20.6 Å². The molecule has 1 atom stereocenters. The third-order valence-electron chi connectivity index (χ3n) is 3.56. The number of halogens is 3. The van der Waals surface area contributed by atoms with E-state index in [4.69, 9.17) is 5.73 Å². The van der Waals surface area contributed by atoms with Crippen LogP contribution in [0.25, 0.3) is 5.82 Å². The van der Waals surface area contributed by atoms with E-state index in [9.17, 15) is 18.0 Å². The molecule has 2 rings (SSSR count). The first-order valence-corrected chi connectivity index (χ1v) is 7.82. The Morgan fingerprint density at radius 1 is 1.40 bits per heavy atom. The number of pyridine rings is 1. The van der Waals surface area contributed by atoms with Crippen LogP contribution in [0.5, 0.6) is 0 Å². The lowest BCUT2D eigenvalue weighted by molar-refractivity contribution is -0.137. The monoisotopic (exact) mass is 356 g/mol. The van der Waals surface area contributed by atoms with Crippen molar-refractivity contribution in [1.29, 1.82) is 0 Å². The summed E-state index contributed by atoms with van der Waals surface area (Å²) in [4.78, 5) is 15.9. The summed E-state index contributed by atoms with van der Waals surface area (Å²) in [5.41, 5.74) is 4.80. The quantitative estimate of drug-likeness (QED) is 0.790. The molecule has 2 aromatic heterocycles. The van der Waals surface area contributed by atoms with Crippen LogP contribution in [0.15, 0.2) is 24.5 Å². The Bertz CT molecular complexity index is 698. The Kier molecular flexibility index (Phi) is 6.07. The lowest BCUT2D eigenvalue weighted by Crippen LogP contribution is -2.40. The summed E-state index contributed by atoms with van der Waals surface area (Å²) >= 11 is 0. The maximum atomic E-state index is 12.5. The molecule has 10 heteroatoms. The molecule has 0 aromatic carbocycles. The third kappa shape index (κ3) is 4.99. The van der Waals surface area contributed by atoms with Gasteiger partial charge in [0.05, 0.1) is 11.8 Å². The summed E-state index contributed by atoms with van der Waals surface area (Å²) < 4.78 is 38.8. The van der Waals surface area contributed by atoms with Gasteiger partial charge >= 0.3 is 6.18 Å². The molecule has 3 N–H and O–H groups in total. The summed E-state index contributed by atoms with van der Waals surface area (Å²) in [6, 6.07) is 1.88. The van der Waals surface area contributed by atoms with Gasteiger partial charge in [0.15, 0.2) is 11.5 Å². The number of alkyl halides is 3. The minimum Gasteiger partial charge on any atom is -0.347 e. The first-order valence-electron chi connectivity index (χ1n) is 7.82. The second kappa shape index (κ2) is 8.06. The van der Waals surface area contributed by atoms with Gasteiger partial charge in [-0.05, 0) is 18.6 Å². The van der Waals surface area contributed by atoms with Crippen molar-refractivity contribution >= 4 is 5.91 Å². The van der Waals surface area contributed by atoms with E-state index in [0.29, 0.717) is 12.7 Å². The Morgan fingerprint density at radius 3 is 2.72 bits per heavy atom. The molecule has 25 heavy (non-hydrogen) atoms. The molecule has 0 spiro atoms. The number of nitrogens with zero attached hydrogens (tertiary/aromatic N) is 4. The van der Waals surface area contributed by atoms with Crippen LogP contribution in [-0.2, 0) is 6.18 Å². The van der Waals surface area contributed by atoms with Crippen LogP contribution >= 0.6 is 0 Å². The lowest BCUT2D eigenvalue weighted by atomic mass is 10.1. The van der Waals surface area contributed by atoms with Crippen molar-refractivity contribution in [3.63, 3.8) is 0 Å². The molecule has 0 radical (unpaired) electrons. The number of nitrogens with two attached hydrogens (primary N) is 1. The highest BCUT2D eigenvalue weighted by molar-refractivity contribution is 5.92. The van der Waals surface area contributed by atoms with Crippen molar-refractivity contribution in [2.45, 2.75) is 38.4 Å². The van der Waals surface area contributed by atoms with Crippen molar-refractivity contribution < 1.29 is 18.0 Å². The fraction of sp³-hybridized carbons (Fsp3) is 0.467. The molecule has 0 saturated heterocycles. The molecule has 0 saturated carbocycles. The number of rotatable bonds is 7. The van der Waals surface area contributed by atoms with Crippen molar-refractivity contribution in [3.8, 4) is 5.82 Å². The Hall–Kier alpha value is -2.49. The molecule has 0 aliphatic carbocycles. The minimum absolute atomic E-state index is 0.0386. The molecule has 0 aliphatic rings. The highest BCUT2D eigenvalue weighted by atomic mass is 19.4. The number of unbranched alkanes of at least 4 members (excludes halogenated alkanes) is 1. The number of hydrogen-bond donors (Lipinski definition) is 2. The number of carbonyl (C=O) groups excluding carboxylic acids is 1. The largest absolute Gasteiger partial charge is 0.417 e. The molecule has 0 bridgehead atoms. The van der Waals surface area contributed by atoms with Crippen LogP contribution in [0.1, 0.15) is 42.2 Å². The number of hydrogen-bond acceptors (Lipinski definition) is 5. The zero-order valence-corrected chi connectivity index (χ0v) is 13.6. The molecule has 0 aliphatic heterocycles. The van der Waals surface area contributed by atoms with Gasteiger partial charge in [0.2, 0.25) is 0 Å². The van der Waals surface area contributed by atoms with Crippen LogP contribution in [0.3, 0.4) is 0 Å². The first kappa shape index (κ1) is 18.8. The predicted octanol–water partition coefficient (Wildman–Crippen LogP) is 1.93. The molecule has 1 amide bonds. The van der Waals surface area contributed by atoms with E-state index in [1.807, 2.05) is 6.92 Å². The second-order valence-electron chi connectivity index (χ2n) is 5.50. The predicted molar refractivity (Wildman–Crippen MR) is 84.0 cm³/mol. The maximum Gasteiger partial charge on any atom is 0.417 e. The second-order valence-corrected chi connectivity index (χ2v) is 5.50. The van der Waals surface area contributed by atoms with Gasteiger partial charge < -0.3 is 11.1 Å². The van der Waals surface area contributed by atoms with E-state index in [1.165, 1.54) is 6.20 Å². The smallest absolute Gasteiger partial charge is 0.347 e. The number of aromatic nitrogens is 4. The van der Waals surface area contributed by atoms with Gasteiger partial charge in [-0.15, -0.1) is 5.10 Å². The fourth-order valence-corrected chi connectivity index (χ4v) is 2.13. The van der Waals surface area contributed by atoms with Gasteiger partial charge in [0.1, 0.15) is 0 Å². The molecule has 7 nitrogen and oxygen atoms in total. The maximum absolute atomic E-state index is 12.5.